The molecule has 0 rings (SSSR count). The van der Waals surface area contributed by atoms with Crippen molar-refractivity contribution in [1.82, 2.24) is 5.32 Å². The fourth-order valence-electron chi connectivity index (χ4n) is 0.656. The largest absolute Gasteiger partial charge is 0.372 e. The summed E-state index contributed by atoms with van der Waals surface area (Å²) in [6.07, 6.45) is 0.791. The smallest absolute Gasteiger partial charge is 0.245 e. The number of carbonyl (C=O) groups is 1. The van der Waals surface area contributed by atoms with Gasteiger partial charge in [-0.2, -0.15) is 0 Å². The molecule has 3 nitrogen and oxygen atoms in total. The summed E-state index contributed by atoms with van der Waals surface area (Å²) < 4.78 is 4.91. The molecule has 0 radical (unpaired) electrons. The maximum Gasteiger partial charge on any atom is 0.245 e. The highest BCUT2D eigenvalue weighted by molar-refractivity contribution is 6.20. The van der Waals surface area contributed by atoms with Crippen molar-refractivity contribution in [3.8, 4) is 0 Å². The average molecular weight is 194 g/mol. The van der Waals surface area contributed by atoms with Gasteiger partial charge >= 0.3 is 0 Å². The van der Waals surface area contributed by atoms with Gasteiger partial charge in [0.1, 0.15) is 6.61 Å². The van der Waals surface area contributed by atoms with Gasteiger partial charge in [-0.25, -0.2) is 0 Å². The molecule has 0 saturated carbocycles. The van der Waals surface area contributed by atoms with Crippen molar-refractivity contribution in [2.45, 2.75) is 25.6 Å². The number of rotatable bonds is 6. The Bertz CT molecular complexity index is 128. The fourth-order valence-corrected chi connectivity index (χ4v) is 0.765. The first-order valence-electron chi connectivity index (χ1n) is 4.15. The zero-order chi connectivity index (χ0) is 9.40. The predicted octanol–water partition coefficient (Wildman–Crippen LogP) is 1.16. The molecule has 0 aromatic rings. The van der Waals surface area contributed by atoms with E-state index in [1.807, 2.05) is 13.8 Å². The molecule has 12 heavy (non-hydrogen) atoms. The monoisotopic (exact) mass is 193 g/mol. The van der Waals surface area contributed by atoms with Gasteiger partial charge in [0.05, 0.1) is 0 Å². The molecule has 0 aromatic heterocycles. The van der Waals surface area contributed by atoms with E-state index in [1.54, 1.807) is 0 Å². The number of amides is 1. The summed E-state index contributed by atoms with van der Waals surface area (Å²) in [6.45, 7) is 5.09. The fraction of sp³-hybridized carbons (Fsp3) is 0.875. The number of hydrogen-bond donors (Lipinski definition) is 1. The van der Waals surface area contributed by atoms with Crippen LogP contribution in [0, 0.1) is 0 Å². The van der Waals surface area contributed by atoms with E-state index in [9.17, 15) is 4.79 Å². The Kier molecular flexibility index (Phi) is 7.20. The quantitative estimate of drug-likeness (QED) is 0.643. The van der Waals surface area contributed by atoms with Gasteiger partial charge in [-0.05, 0) is 20.3 Å². The number of halogens is 1. The molecule has 0 aromatic carbocycles. The first-order chi connectivity index (χ1) is 5.66. The molecule has 1 amide bonds. The van der Waals surface area contributed by atoms with Crippen LogP contribution in [-0.2, 0) is 9.53 Å². The molecule has 0 spiro atoms. The topological polar surface area (TPSA) is 38.3 Å². The van der Waals surface area contributed by atoms with Crippen LogP contribution in [0.5, 0.6) is 0 Å². The molecule has 1 unspecified atom stereocenters. The lowest BCUT2D eigenvalue weighted by Gasteiger charge is -2.05. The highest BCUT2D eigenvalue weighted by Gasteiger charge is 2.00. The van der Waals surface area contributed by atoms with Crippen molar-refractivity contribution in [2.75, 3.05) is 19.8 Å². The van der Waals surface area contributed by atoms with Crippen LogP contribution >= 0.6 is 11.6 Å². The molecule has 0 aliphatic heterocycles. The average Bonchev–Trinajstić information content (AvgIpc) is 2.00. The Morgan fingerprint density at radius 3 is 2.83 bits per heavy atom. The number of nitrogens with one attached hydrogen (secondary N) is 1. The number of ether oxygens (including phenoxy) is 1. The predicted molar refractivity (Wildman–Crippen MR) is 49.4 cm³/mol. The second-order valence-corrected chi connectivity index (χ2v) is 3.30. The Morgan fingerprint density at radius 2 is 2.33 bits per heavy atom. The van der Waals surface area contributed by atoms with Crippen molar-refractivity contribution < 1.29 is 9.53 Å². The van der Waals surface area contributed by atoms with Crippen molar-refractivity contribution in [1.29, 1.82) is 0 Å². The third kappa shape index (κ3) is 7.82. The summed E-state index contributed by atoms with van der Waals surface area (Å²) in [5, 5.41) is 2.81. The lowest BCUT2D eigenvalue weighted by Crippen LogP contribution is -2.29. The molecule has 0 saturated heterocycles. The first-order valence-corrected chi connectivity index (χ1v) is 4.59. The maximum absolute atomic E-state index is 10.9. The van der Waals surface area contributed by atoms with E-state index in [4.69, 9.17) is 16.3 Å². The Labute approximate surface area is 78.4 Å². The lowest BCUT2D eigenvalue weighted by atomic mass is 10.3. The molecular weight excluding hydrogens is 178 g/mol. The van der Waals surface area contributed by atoms with Crippen molar-refractivity contribution in [3.63, 3.8) is 0 Å². The summed E-state index contributed by atoms with van der Waals surface area (Å²) in [4.78, 5) is 10.9. The first kappa shape index (κ1) is 11.7. The summed E-state index contributed by atoms with van der Waals surface area (Å²) in [6, 6.07) is 0. The van der Waals surface area contributed by atoms with Gasteiger partial charge in [-0.1, -0.05) is 0 Å². The summed E-state index contributed by atoms with van der Waals surface area (Å²) in [5.74, 6) is -0.0748. The minimum atomic E-state index is -0.0748. The van der Waals surface area contributed by atoms with Gasteiger partial charge in [0, 0.05) is 18.5 Å². The number of alkyl halides is 1. The minimum absolute atomic E-state index is 0.0748. The Morgan fingerprint density at radius 1 is 1.67 bits per heavy atom. The molecule has 0 aliphatic rings. The van der Waals surface area contributed by atoms with Crippen molar-refractivity contribution in [2.24, 2.45) is 0 Å². The van der Waals surface area contributed by atoms with Crippen LogP contribution < -0.4 is 5.32 Å². The highest BCUT2D eigenvalue weighted by Crippen LogP contribution is 1.96. The molecular formula is C8H16ClNO2. The second kappa shape index (κ2) is 7.37. The molecule has 4 heteroatoms. The summed E-state index contributed by atoms with van der Waals surface area (Å²) in [7, 11) is 0. The second-order valence-electron chi connectivity index (χ2n) is 2.56. The zero-order valence-electron chi connectivity index (χ0n) is 7.60. The van der Waals surface area contributed by atoms with E-state index in [0.717, 1.165) is 6.42 Å². The van der Waals surface area contributed by atoms with Crippen LogP contribution in [0.1, 0.15) is 20.3 Å². The molecule has 0 fully saturated rings. The molecule has 1 N–H and O–H groups in total. The molecule has 0 bridgehead atoms. The van der Waals surface area contributed by atoms with E-state index in [-0.39, 0.29) is 17.9 Å². The van der Waals surface area contributed by atoms with Crippen LogP contribution in [0.3, 0.4) is 0 Å². The Hall–Kier alpha value is -0.280. The summed E-state index contributed by atoms with van der Waals surface area (Å²) >= 11 is 5.68. The van der Waals surface area contributed by atoms with Gasteiger partial charge in [-0.3, -0.25) is 4.79 Å². The standard InChI is InChI=1S/C8H16ClNO2/c1-3-12-6-8(11)10-5-4-7(2)9/h7H,3-6H2,1-2H3,(H,10,11). The van der Waals surface area contributed by atoms with E-state index in [0.29, 0.717) is 13.2 Å². The lowest BCUT2D eigenvalue weighted by molar-refractivity contribution is -0.125. The van der Waals surface area contributed by atoms with Crippen molar-refractivity contribution in [3.05, 3.63) is 0 Å². The summed E-state index contributed by atoms with van der Waals surface area (Å²) in [5.41, 5.74) is 0. The Balaban J connectivity index is 3.20. The minimum Gasteiger partial charge on any atom is -0.372 e. The number of carbonyl (C=O) groups excluding carboxylic acids is 1. The van der Waals surface area contributed by atoms with Gasteiger partial charge in [0.25, 0.3) is 0 Å². The third-order valence-electron chi connectivity index (χ3n) is 1.30. The van der Waals surface area contributed by atoms with E-state index < -0.39 is 0 Å². The van der Waals surface area contributed by atoms with Crippen LogP contribution in [0.4, 0.5) is 0 Å². The van der Waals surface area contributed by atoms with Crippen LogP contribution in [-0.4, -0.2) is 31.0 Å². The third-order valence-corrected chi connectivity index (χ3v) is 1.52. The van der Waals surface area contributed by atoms with E-state index >= 15 is 0 Å². The number of hydrogen-bond acceptors (Lipinski definition) is 2. The van der Waals surface area contributed by atoms with Gasteiger partial charge < -0.3 is 10.1 Å². The van der Waals surface area contributed by atoms with E-state index in [1.165, 1.54) is 0 Å². The molecule has 72 valence electrons. The van der Waals surface area contributed by atoms with Crippen LogP contribution in [0.2, 0.25) is 0 Å². The SMILES string of the molecule is CCOCC(=O)NCCC(C)Cl. The van der Waals surface area contributed by atoms with Gasteiger partial charge in [0.15, 0.2) is 0 Å². The molecule has 1 atom stereocenters. The molecule has 0 aliphatic carbocycles. The van der Waals surface area contributed by atoms with Crippen molar-refractivity contribution >= 4 is 17.5 Å². The van der Waals surface area contributed by atoms with Crippen LogP contribution in [0.15, 0.2) is 0 Å². The zero-order valence-corrected chi connectivity index (χ0v) is 8.36. The normalized spacial score (nSPS) is 12.6. The maximum atomic E-state index is 10.9. The highest BCUT2D eigenvalue weighted by atomic mass is 35.5. The molecule has 0 heterocycles. The van der Waals surface area contributed by atoms with E-state index in [2.05, 4.69) is 5.32 Å². The van der Waals surface area contributed by atoms with Crippen LogP contribution in [0.25, 0.3) is 0 Å². The van der Waals surface area contributed by atoms with Gasteiger partial charge in [0.2, 0.25) is 5.91 Å². The van der Waals surface area contributed by atoms with Gasteiger partial charge in [-0.15, -0.1) is 11.6 Å².